The van der Waals surface area contributed by atoms with Gasteiger partial charge in [0.1, 0.15) is 5.75 Å². The van der Waals surface area contributed by atoms with Gasteiger partial charge < -0.3 is 9.64 Å². The SMILES string of the molecule is CN(C)c1ccc2c(c1)C(Cl)=C(C=O)C(c1ccccc1)O2. The molecule has 3 nitrogen and oxygen atoms in total. The molecule has 0 aliphatic carbocycles. The largest absolute Gasteiger partial charge is 0.480 e. The Morgan fingerprint density at radius 3 is 2.50 bits per heavy atom. The van der Waals surface area contributed by atoms with Crippen LogP contribution >= 0.6 is 11.6 Å². The fourth-order valence-corrected chi connectivity index (χ4v) is 2.81. The molecule has 2 aromatic rings. The van der Waals surface area contributed by atoms with Crippen LogP contribution in [0.1, 0.15) is 17.2 Å². The first kappa shape index (κ1) is 14.7. The Labute approximate surface area is 134 Å². The topological polar surface area (TPSA) is 29.5 Å². The van der Waals surface area contributed by atoms with Gasteiger partial charge in [-0.3, -0.25) is 4.79 Å². The van der Waals surface area contributed by atoms with E-state index >= 15 is 0 Å². The molecule has 1 unspecified atom stereocenters. The highest BCUT2D eigenvalue weighted by Crippen LogP contribution is 2.44. The summed E-state index contributed by atoms with van der Waals surface area (Å²) in [5, 5.41) is 0.453. The summed E-state index contributed by atoms with van der Waals surface area (Å²) in [6, 6.07) is 15.4. The van der Waals surface area contributed by atoms with Crippen molar-refractivity contribution in [2.75, 3.05) is 19.0 Å². The van der Waals surface area contributed by atoms with Gasteiger partial charge in [0.05, 0.1) is 10.6 Å². The van der Waals surface area contributed by atoms with Crippen molar-refractivity contribution in [2.45, 2.75) is 6.10 Å². The van der Waals surface area contributed by atoms with Crippen LogP contribution in [-0.4, -0.2) is 20.4 Å². The summed E-state index contributed by atoms with van der Waals surface area (Å²) in [5.41, 5.74) is 3.12. The molecular weight excluding hydrogens is 298 g/mol. The Morgan fingerprint density at radius 2 is 1.86 bits per heavy atom. The summed E-state index contributed by atoms with van der Waals surface area (Å²) in [7, 11) is 3.91. The maximum absolute atomic E-state index is 11.5. The number of anilines is 1. The Balaban J connectivity index is 2.12. The normalized spacial score (nSPS) is 16.8. The summed E-state index contributed by atoms with van der Waals surface area (Å²) in [5.74, 6) is 0.690. The van der Waals surface area contributed by atoms with Gasteiger partial charge in [0.15, 0.2) is 12.4 Å². The van der Waals surface area contributed by atoms with Crippen molar-refractivity contribution in [2.24, 2.45) is 0 Å². The summed E-state index contributed by atoms with van der Waals surface area (Å²) in [6.45, 7) is 0. The van der Waals surface area contributed by atoms with Gasteiger partial charge in [0.25, 0.3) is 0 Å². The molecule has 1 aliphatic rings. The highest BCUT2D eigenvalue weighted by molar-refractivity contribution is 6.51. The van der Waals surface area contributed by atoms with E-state index in [0.717, 1.165) is 23.1 Å². The molecule has 0 N–H and O–H groups in total. The van der Waals surface area contributed by atoms with Crippen LogP contribution in [0.15, 0.2) is 54.1 Å². The second kappa shape index (κ2) is 5.85. The molecule has 2 aromatic carbocycles. The lowest BCUT2D eigenvalue weighted by molar-refractivity contribution is -0.105. The molecule has 1 heterocycles. The van der Waals surface area contributed by atoms with E-state index in [4.69, 9.17) is 16.3 Å². The highest BCUT2D eigenvalue weighted by atomic mass is 35.5. The average Bonchev–Trinajstić information content (AvgIpc) is 2.55. The Kier molecular flexibility index (Phi) is 3.90. The second-order valence-electron chi connectivity index (χ2n) is 5.37. The maximum Gasteiger partial charge on any atom is 0.153 e. The van der Waals surface area contributed by atoms with Crippen molar-refractivity contribution >= 4 is 28.6 Å². The minimum atomic E-state index is -0.469. The molecule has 22 heavy (non-hydrogen) atoms. The molecule has 1 atom stereocenters. The van der Waals surface area contributed by atoms with Crippen LogP contribution in [0.25, 0.3) is 5.03 Å². The van der Waals surface area contributed by atoms with Crippen molar-refractivity contribution in [3.05, 3.63) is 65.2 Å². The quantitative estimate of drug-likeness (QED) is 0.801. The molecule has 0 saturated carbocycles. The maximum atomic E-state index is 11.5. The van der Waals surface area contributed by atoms with E-state index in [1.165, 1.54) is 0 Å². The molecule has 0 saturated heterocycles. The summed E-state index contributed by atoms with van der Waals surface area (Å²) >= 11 is 6.48. The number of hydrogen-bond acceptors (Lipinski definition) is 3. The van der Waals surface area contributed by atoms with Crippen molar-refractivity contribution in [3.63, 3.8) is 0 Å². The number of aldehydes is 1. The zero-order valence-corrected chi connectivity index (χ0v) is 13.2. The first-order chi connectivity index (χ1) is 10.6. The number of fused-ring (bicyclic) bond motifs is 1. The van der Waals surface area contributed by atoms with Crippen LogP contribution in [0.5, 0.6) is 5.75 Å². The first-order valence-electron chi connectivity index (χ1n) is 7.00. The van der Waals surface area contributed by atoms with Crippen LogP contribution in [0, 0.1) is 0 Å². The minimum absolute atomic E-state index is 0.453. The molecule has 4 heteroatoms. The summed E-state index contributed by atoms with van der Waals surface area (Å²) in [4.78, 5) is 13.5. The van der Waals surface area contributed by atoms with Crippen LogP contribution in [0.4, 0.5) is 5.69 Å². The van der Waals surface area contributed by atoms with Crippen LogP contribution in [0.2, 0.25) is 0 Å². The lowest BCUT2D eigenvalue weighted by Gasteiger charge is -2.28. The van der Waals surface area contributed by atoms with Gasteiger partial charge in [-0.05, 0) is 23.8 Å². The summed E-state index contributed by atoms with van der Waals surface area (Å²) < 4.78 is 6.03. The number of halogens is 1. The number of ether oxygens (including phenoxy) is 1. The van der Waals surface area contributed by atoms with E-state index in [9.17, 15) is 4.79 Å². The molecular formula is C18H16ClNO2. The Hall–Kier alpha value is -2.26. The van der Waals surface area contributed by atoms with E-state index < -0.39 is 6.10 Å². The fraction of sp³-hybridized carbons (Fsp3) is 0.167. The average molecular weight is 314 g/mol. The molecule has 0 radical (unpaired) electrons. The molecule has 0 bridgehead atoms. The lowest BCUT2D eigenvalue weighted by atomic mass is 9.96. The molecule has 3 rings (SSSR count). The molecule has 0 amide bonds. The molecule has 0 aromatic heterocycles. The molecule has 1 aliphatic heterocycles. The molecule has 112 valence electrons. The van der Waals surface area contributed by atoms with Crippen LogP contribution < -0.4 is 9.64 Å². The van der Waals surface area contributed by atoms with E-state index in [1.54, 1.807) is 0 Å². The monoisotopic (exact) mass is 313 g/mol. The third-order valence-corrected chi connectivity index (χ3v) is 4.15. The van der Waals surface area contributed by atoms with Crippen LogP contribution in [-0.2, 0) is 4.79 Å². The first-order valence-corrected chi connectivity index (χ1v) is 7.38. The third-order valence-electron chi connectivity index (χ3n) is 3.73. The van der Waals surface area contributed by atoms with Gasteiger partial charge in [-0.1, -0.05) is 41.9 Å². The number of hydrogen-bond donors (Lipinski definition) is 0. The lowest BCUT2D eigenvalue weighted by Crippen LogP contribution is -2.18. The van der Waals surface area contributed by atoms with E-state index in [-0.39, 0.29) is 0 Å². The Bertz CT molecular complexity index is 738. The van der Waals surface area contributed by atoms with Crippen LogP contribution in [0.3, 0.4) is 0 Å². The summed E-state index contributed by atoms with van der Waals surface area (Å²) in [6.07, 6.45) is 0.314. The van der Waals surface area contributed by atoms with E-state index in [2.05, 4.69) is 0 Å². The van der Waals surface area contributed by atoms with Gasteiger partial charge in [0.2, 0.25) is 0 Å². The molecule has 0 fully saturated rings. The number of carbonyl (C=O) groups excluding carboxylic acids is 1. The number of carbonyl (C=O) groups is 1. The minimum Gasteiger partial charge on any atom is -0.480 e. The zero-order chi connectivity index (χ0) is 15.7. The highest BCUT2D eigenvalue weighted by Gasteiger charge is 2.29. The molecule has 0 spiro atoms. The van der Waals surface area contributed by atoms with E-state index in [0.29, 0.717) is 16.4 Å². The van der Waals surface area contributed by atoms with Crippen molar-refractivity contribution in [3.8, 4) is 5.75 Å². The predicted octanol–water partition coefficient (Wildman–Crippen LogP) is 4.04. The fourth-order valence-electron chi connectivity index (χ4n) is 2.52. The standard InChI is InChI=1S/C18H16ClNO2/c1-20(2)13-8-9-16-14(10-13)17(19)15(11-21)18(22-16)12-6-4-3-5-7-12/h3-11,18H,1-2H3. The van der Waals surface area contributed by atoms with Gasteiger partial charge in [-0.2, -0.15) is 0 Å². The number of nitrogens with zero attached hydrogens (tertiary/aromatic N) is 1. The van der Waals surface area contributed by atoms with E-state index in [1.807, 2.05) is 67.5 Å². The smallest absolute Gasteiger partial charge is 0.153 e. The Morgan fingerprint density at radius 1 is 1.14 bits per heavy atom. The van der Waals surface area contributed by atoms with Gasteiger partial charge in [0, 0.05) is 25.3 Å². The number of rotatable bonds is 3. The van der Waals surface area contributed by atoms with Gasteiger partial charge in [-0.25, -0.2) is 0 Å². The van der Waals surface area contributed by atoms with Crippen molar-refractivity contribution < 1.29 is 9.53 Å². The van der Waals surface area contributed by atoms with Gasteiger partial charge >= 0.3 is 0 Å². The number of benzene rings is 2. The van der Waals surface area contributed by atoms with Gasteiger partial charge in [-0.15, -0.1) is 0 Å². The zero-order valence-electron chi connectivity index (χ0n) is 12.4. The van der Waals surface area contributed by atoms with Crippen molar-refractivity contribution in [1.82, 2.24) is 0 Å². The van der Waals surface area contributed by atoms with Crippen molar-refractivity contribution in [1.29, 1.82) is 0 Å². The predicted molar refractivity (Wildman–Crippen MR) is 89.4 cm³/mol. The third kappa shape index (κ3) is 2.48. The second-order valence-corrected chi connectivity index (χ2v) is 5.75.